The van der Waals surface area contributed by atoms with Crippen LogP contribution < -0.4 is 17.0 Å². The Bertz CT molecular complexity index is 46.1. The second kappa shape index (κ2) is 5.97. The molecule has 0 saturated carbocycles. The molecular formula is CH5GdN3S. The van der Waals surface area contributed by atoms with Gasteiger partial charge in [0.1, 0.15) is 0 Å². The van der Waals surface area contributed by atoms with E-state index in [1.165, 1.54) is 0 Å². The van der Waals surface area contributed by atoms with Crippen molar-refractivity contribution in [2.75, 3.05) is 0 Å². The molecule has 5 heteroatoms. The first-order valence-electron chi connectivity index (χ1n) is 1.03. The summed E-state index contributed by atoms with van der Waals surface area (Å²) in [6, 6.07) is 0. The van der Waals surface area contributed by atoms with Crippen LogP contribution in [0.25, 0.3) is 0 Å². The second-order valence-corrected chi connectivity index (χ2v) is 0.948. The minimum atomic E-state index is 0. The van der Waals surface area contributed by atoms with Crippen LogP contribution in [0.1, 0.15) is 0 Å². The van der Waals surface area contributed by atoms with Gasteiger partial charge in [-0.1, -0.05) is 0 Å². The van der Waals surface area contributed by atoms with Gasteiger partial charge in [-0.3, -0.25) is 0 Å². The Morgan fingerprint density at radius 3 is 1.83 bits per heavy atom. The van der Waals surface area contributed by atoms with Gasteiger partial charge in [0.2, 0.25) is 0 Å². The summed E-state index contributed by atoms with van der Waals surface area (Å²) in [7, 11) is 0. The van der Waals surface area contributed by atoms with Gasteiger partial charge in [-0.25, -0.2) is 5.84 Å². The van der Waals surface area contributed by atoms with E-state index in [0.29, 0.717) is 0 Å². The van der Waals surface area contributed by atoms with E-state index in [9.17, 15) is 0 Å². The monoisotopic (exact) mass is 249 g/mol. The van der Waals surface area contributed by atoms with Crippen LogP contribution in [0, 0.1) is 39.9 Å². The molecule has 0 aliphatic heterocycles. The molecule has 0 unspecified atom stereocenters. The van der Waals surface area contributed by atoms with Gasteiger partial charge in [-0.15, -0.1) is 0 Å². The zero-order valence-corrected chi connectivity index (χ0v) is 6.00. The van der Waals surface area contributed by atoms with Crippen molar-refractivity contribution in [3.8, 4) is 0 Å². The minimum absolute atomic E-state index is 0. The number of hydrogen-bond acceptors (Lipinski definition) is 2. The van der Waals surface area contributed by atoms with Gasteiger partial charge in [0.25, 0.3) is 0 Å². The molecule has 0 saturated heterocycles. The summed E-state index contributed by atoms with van der Waals surface area (Å²) in [4.78, 5) is 0. The largest absolute Gasteiger partial charge is 0.375 e. The average Bonchev–Trinajstić information content (AvgIpc) is 1.38. The minimum Gasteiger partial charge on any atom is -0.375 e. The number of hydrogen-bond donors (Lipinski definition) is 3. The molecule has 0 radical (unpaired) electrons. The van der Waals surface area contributed by atoms with Crippen LogP contribution in [0.4, 0.5) is 0 Å². The number of thiocarbonyl (C=S) groups is 1. The first-order chi connectivity index (χ1) is 2.27. The van der Waals surface area contributed by atoms with E-state index in [4.69, 9.17) is 5.73 Å². The Kier molecular flexibility index (Phi) is 10.0. The molecule has 3 nitrogen and oxygen atoms in total. The van der Waals surface area contributed by atoms with E-state index in [1.54, 1.807) is 0 Å². The molecule has 0 spiro atoms. The molecule has 0 atom stereocenters. The molecule has 0 aromatic heterocycles. The molecule has 5 N–H and O–H groups in total. The van der Waals surface area contributed by atoms with Crippen molar-refractivity contribution in [3.05, 3.63) is 0 Å². The molecule has 0 aliphatic rings. The maximum Gasteiger partial charge on any atom is 0.177 e. The molecule has 0 aromatic rings. The van der Waals surface area contributed by atoms with Crippen molar-refractivity contribution in [2.45, 2.75) is 0 Å². The van der Waals surface area contributed by atoms with Crippen molar-refractivity contribution in [1.29, 1.82) is 0 Å². The van der Waals surface area contributed by atoms with Gasteiger partial charge in [-0.05, 0) is 12.2 Å². The summed E-state index contributed by atoms with van der Waals surface area (Å²) in [5, 5.41) is 0.116. The van der Waals surface area contributed by atoms with Crippen molar-refractivity contribution in [2.24, 2.45) is 11.6 Å². The van der Waals surface area contributed by atoms with E-state index < -0.39 is 0 Å². The van der Waals surface area contributed by atoms with Crippen LogP contribution in [0.5, 0.6) is 0 Å². The maximum atomic E-state index is 4.79. The summed E-state index contributed by atoms with van der Waals surface area (Å²) in [6.07, 6.45) is 0. The number of nitrogens with one attached hydrogen (secondary N) is 1. The fourth-order valence-electron chi connectivity index (χ4n) is 0. The molecule has 0 bridgehead atoms. The van der Waals surface area contributed by atoms with Gasteiger partial charge in [0.05, 0.1) is 0 Å². The van der Waals surface area contributed by atoms with Crippen molar-refractivity contribution in [3.63, 3.8) is 0 Å². The summed E-state index contributed by atoms with van der Waals surface area (Å²) >= 11 is 4.24. The van der Waals surface area contributed by atoms with Crippen LogP contribution in [0.2, 0.25) is 0 Å². The molecule has 0 fully saturated rings. The van der Waals surface area contributed by atoms with Crippen molar-refractivity contribution >= 4 is 17.3 Å². The van der Waals surface area contributed by atoms with Gasteiger partial charge in [0.15, 0.2) is 5.11 Å². The van der Waals surface area contributed by atoms with E-state index in [2.05, 4.69) is 18.1 Å². The van der Waals surface area contributed by atoms with Crippen molar-refractivity contribution in [1.82, 2.24) is 5.43 Å². The summed E-state index contributed by atoms with van der Waals surface area (Å²) in [6.45, 7) is 0. The average molecular weight is 248 g/mol. The molecule has 0 amide bonds. The van der Waals surface area contributed by atoms with E-state index >= 15 is 0 Å². The number of hydrazine groups is 1. The predicted octanol–water partition coefficient (Wildman–Crippen LogP) is -1.31. The third-order valence-corrected chi connectivity index (χ3v) is 0.260. The van der Waals surface area contributed by atoms with Crippen LogP contribution in [-0.2, 0) is 0 Å². The normalized spacial score (nSPS) is 5.50. The van der Waals surface area contributed by atoms with Crippen LogP contribution in [-0.4, -0.2) is 5.11 Å². The zero-order chi connectivity index (χ0) is 4.28. The molecule has 0 heterocycles. The Hall–Kier alpha value is 0.975. The quantitative estimate of drug-likeness (QED) is 0.283. The fraction of sp³-hybridized carbons (Fsp3) is 0. The number of rotatable bonds is 0. The van der Waals surface area contributed by atoms with Gasteiger partial charge in [-0.2, -0.15) is 0 Å². The maximum absolute atomic E-state index is 4.79. The molecule has 6 heavy (non-hydrogen) atoms. The third-order valence-electron chi connectivity index (χ3n) is 0.142. The summed E-state index contributed by atoms with van der Waals surface area (Å²) in [5.74, 6) is 4.66. The SMILES string of the molecule is NNC(N)=S.[Gd]. The van der Waals surface area contributed by atoms with Crippen LogP contribution in [0.3, 0.4) is 0 Å². The van der Waals surface area contributed by atoms with E-state index in [0.717, 1.165) is 0 Å². The standard InChI is InChI=1S/CH5N3S.Gd/c2-1(5)4-3;/h3H2,(H3,2,4,5);. The zero-order valence-electron chi connectivity index (χ0n) is 2.92. The fourth-order valence-corrected chi connectivity index (χ4v) is 0. The van der Waals surface area contributed by atoms with Gasteiger partial charge >= 0.3 is 0 Å². The first kappa shape index (κ1) is 10.1. The number of nitrogens with two attached hydrogens (primary N) is 2. The smallest absolute Gasteiger partial charge is 0.177 e. The van der Waals surface area contributed by atoms with Crippen LogP contribution in [0.15, 0.2) is 0 Å². The Labute approximate surface area is 73.5 Å². The predicted molar refractivity (Wildman–Crippen MR) is 24.1 cm³/mol. The molecule has 0 rings (SSSR count). The Morgan fingerprint density at radius 2 is 1.83 bits per heavy atom. The summed E-state index contributed by atoms with van der Waals surface area (Å²) < 4.78 is 0. The second-order valence-electron chi connectivity index (χ2n) is 0.509. The van der Waals surface area contributed by atoms with Gasteiger partial charge < -0.3 is 11.2 Å². The molecular weight excluding hydrogens is 243 g/mol. The van der Waals surface area contributed by atoms with Gasteiger partial charge in [0, 0.05) is 39.9 Å². The molecule has 0 aliphatic carbocycles. The van der Waals surface area contributed by atoms with Crippen LogP contribution >= 0.6 is 12.2 Å². The van der Waals surface area contributed by atoms with E-state index in [-0.39, 0.29) is 45.1 Å². The molecule has 38 valence electrons. The van der Waals surface area contributed by atoms with E-state index in [1.807, 2.05) is 5.43 Å². The Morgan fingerprint density at radius 1 is 1.67 bits per heavy atom. The molecule has 0 aromatic carbocycles. The summed E-state index contributed by atoms with van der Waals surface area (Å²) in [5.41, 5.74) is 6.82. The third kappa shape index (κ3) is 8.88. The first-order valence-corrected chi connectivity index (χ1v) is 1.44. The van der Waals surface area contributed by atoms with Crippen molar-refractivity contribution < 1.29 is 39.9 Å². The Balaban J connectivity index is 0. The topological polar surface area (TPSA) is 64.1 Å².